The maximum atomic E-state index is 12.8. The Morgan fingerprint density at radius 3 is 3.12 bits per heavy atom. The molecule has 0 saturated carbocycles. The summed E-state index contributed by atoms with van der Waals surface area (Å²) in [5.41, 5.74) is 1.20. The van der Waals surface area contributed by atoms with Crippen LogP contribution in [0.3, 0.4) is 0 Å². The SMILES string of the molecule is CCCCN(CC#N)C(=O)C1CCc2c(sc3ncnc(Cl)c23)C1. The Labute approximate surface area is 150 Å². The van der Waals surface area contributed by atoms with Crippen LogP contribution in [0.15, 0.2) is 6.33 Å². The van der Waals surface area contributed by atoms with E-state index in [-0.39, 0.29) is 18.4 Å². The number of thiophene rings is 1. The van der Waals surface area contributed by atoms with Gasteiger partial charge in [0.15, 0.2) is 0 Å². The molecule has 1 amide bonds. The van der Waals surface area contributed by atoms with Gasteiger partial charge in [0.2, 0.25) is 5.91 Å². The van der Waals surface area contributed by atoms with Gasteiger partial charge in [-0.15, -0.1) is 11.3 Å². The maximum Gasteiger partial charge on any atom is 0.226 e. The molecule has 1 aliphatic rings. The molecule has 2 aromatic rings. The number of nitrogens with zero attached hydrogens (tertiary/aromatic N) is 4. The number of carbonyl (C=O) groups excluding carboxylic acids is 1. The predicted molar refractivity (Wildman–Crippen MR) is 95.0 cm³/mol. The molecule has 0 saturated heterocycles. The first-order chi connectivity index (χ1) is 11.7. The van der Waals surface area contributed by atoms with E-state index >= 15 is 0 Å². The van der Waals surface area contributed by atoms with Crippen molar-refractivity contribution in [2.75, 3.05) is 13.1 Å². The van der Waals surface area contributed by atoms with Crippen LogP contribution in [-0.4, -0.2) is 33.9 Å². The number of unbranched alkanes of at least 4 members (excludes halogenated alkanes) is 1. The van der Waals surface area contributed by atoms with Crippen LogP contribution in [0.4, 0.5) is 0 Å². The molecule has 2 aromatic heterocycles. The minimum absolute atomic E-state index is 0.0532. The van der Waals surface area contributed by atoms with E-state index in [1.807, 2.05) is 0 Å². The van der Waals surface area contributed by atoms with Crippen LogP contribution in [0, 0.1) is 17.2 Å². The van der Waals surface area contributed by atoms with Gasteiger partial charge in [-0.25, -0.2) is 9.97 Å². The van der Waals surface area contributed by atoms with Gasteiger partial charge in [0.05, 0.1) is 11.5 Å². The van der Waals surface area contributed by atoms with Gasteiger partial charge in [-0.2, -0.15) is 5.26 Å². The van der Waals surface area contributed by atoms with E-state index in [0.717, 1.165) is 35.9 Å². The van der Waals surface area contributed by atoms with Crippen LogP contribution < -0.4 is 0 Å². The van der Waals surface area contributed by atoms with E-state index in [1.54, 1.807) is 16.2 Å². The lowest BCUT2D eigenvalue weighted by atomic mass is 9.87. The highest BCUT2D eigenvalue weighted by Gasteiger charge is 2.31. The second kappa shape index (κ2) is 7.45. The minimum atomic E-state index is -0.0532. The van der Waals surface area contributed by atoms with Gasteiger partial charge in [-0.1, -0.05) is 24.9 Å². The molecule has 126 valence electrons. The molecule has 0 spiro atoms. The van der Waals surface area contributed by atoms with E-state index < -0.39 is 0 Å². The van der Waals surface area contributed by atoms with Crippen molar-refractivity contribution in [3.8, 4) is 6.07 Å². The van der Waals surface area contributed by atoms with Crippen LogP contribution >= 0.6 is 22.9 Å². The highest BCUT2D eigenvalue weighted by molar-refractivity contribution is 7.19. The van der Waals surface area contributed by atoms with Gasteiger partial charge in [0, 0.05) is 17.3 Å². The molecular weight excluding hydrogens is 344 g/mol. The Morgan fingerprint density at radius 2 is 2.38 bits per heavy atom. The number of aromatic nitrogens is 2. The summed E-state index contributed by atoms with van der Waals surface area (Å²) >= 11 is 7.83. The first-order valence-electron chi connectivity index (χ1n) is 8.22. The molecule has 3 rings (SSSR count). The average molecular weight is 363 g/mol. The number of hydrogen-bond donors (Lipinski definition) is 0. The van der Waals surface area contributed by atoms with E-state index in [0.29, 0.717) is 18.1 Å². The van der Waals surface area contributed by atoms with Crippen molar-refractivity contribution in [2.24, 2.45) is 5.92 Å². The molecule has 2 heterocycles. The molecular formula is C17H19ClN4OS. The van der Waals surface area contributed by atoms with Gasteiger partial charge in [0.1, 0.15) is 22.9 Å². The lowest BCUT2D eigenvalue weighted by Crippen LogP contribution is -2.39. The van der Waals surface area contributed by atoms with Gasteiger partial charge in [-0.3, -0.25) is 4.79 Å². The second-order valence-electron chi connectivity index (χ2n) is 6.06. The van der Waals surface area contributed by atoms with E-state index in [1.165, 1.54) is 16.8 Å². The largest absolute Gasteiger partial charge is 0.329 e. The molecule has 0 aliphatic heterocycles. The smallest absolute Gasteiger partial charge is 0.226 e. The topological polar surface area (TPSA) is 69.9 Å². The molecule has 0 fully saturated rings. The van der Waals surface area contributed by atoms with Crippen LogP contribution in [0.2, 0.25) is 5.15 Å². The molecule has 1 aliphatic carbocycles. The average Bonchev–Trinajstić information content (AvgIpc) is 2.96. The summed E-state index contributed by atoms with van der Waals surface area (Å²) in [6.07, 6.45) is 5.73. The van der Waals surface area contributed by atoms with Crippen LogP contribution in [-0.2, 0) is 17.6 Å². The third-order valence-electron chi connectivity index (χ3n) is 4.50. The van der Waals surface area contributed by atoms with Crippen molar-refractivity contribution in [1.82, 2.24) is 14.9 Å². The summed E-state index contributed by atoms with van der Waals surface area (Å²) in [4.78, 5) is 25.0. The number of halogens is 1. The van der Waals surface area contributed by atoms with Crippen LogP contribution in [0.1, 0.15) is 36.6 Å². The molecule has 0 radical (unpaired) electrons. The minimum Gasteiger partial charge on any atom is -0.329 e. The predicted octanol–water partition coefficient (Wildman–Crippen LogP) is 3.60. The first-order valence-corrected chi connectivity index (χ1v) is 9.41. The van der Waals surface area contributed by atoms with Crippen molar-refractivity contribution >= 4 is 39.1 Å². The molecule has 0 bridgehead atoms. The summed E-state index contributed by atoms with van der Waals surface area (Å²) < 4.78 is 0. The second-order valence-corrected chi connectivity index (χ2v) is 7.50. The van der Waals surface area contributed by atoms with E-state index in [2.05, 4.69) is 23.0 Å². The Morgan fingerprint density at radius 1 is 1.54 bits per heavy atom. The number of rotatable bonds is 5. The summed E-state index contributed by atoms with van der Waals surface area (Å²) in [5.74, 6) is 0.0489. The van der Waals surface area contributed by atoms with Gasteiger partial charge >= 0.3 is 0 Å². The number of hydrogen-bond acceptors (Lipinski definition) is 5. The summed E-state index contributed by atoms with van der Waals surface area (Å²) in [7, 11) is 0. The quantitative estimate of drug-likeness (QED) is 0.601. The first kappa shape index (κ1) is 17.1. The van der Waals surface area contributed by atoms with Crippen molar-refractivity contribution in [3.05, 3.63) is 21.9 Å². The zero-order chi connectivity index (χ0) is 17.1. The summed E-state index contributed by atoms with van der Waals surface area (Å²) in [6, 6.07) is 2.12. The van der Waals surface area contributed by atoms with Gasteiger partial charge < -0.3 is 4.90 Å². The Kier molecular flexibility index (Phi) is 5.32. The molecule has 5 nitrogen and oxygen atoms in total. The molecule has 0 aromatic carbocycles. The fourth-order valence-corrected chi connectivity index (χ4v) is 4.81. The highest BCUT2D eigenvalue weighted by Crippen LogP contribution is 2.39. The lowest BCUT2D eigenvalue weighted by molar-refractivity contribution is -0.135. The lowest BCUT2D eigenvalue weighted by Gasteiger charge is -2.27. The van der Waals surface area contributed by atoms with Crippen molar-refractivity contribution in [2.45, 2.75) is 39.0 Å². The van der Waals surface area contributed by atoms with E-state index in [9.17, 15) is 4.79 Å². The number of amides is 1. The summed E-state index contributed by atoms with van der Waals surface area (Å²) in [6.45, 7) is 2.92. The Hall–Kier alpha value is -1.71. The number of nitriles is 1. The van der Waals surface area contributed by atoms with Crippen LogP contribution in [0.25, 0.3) is 10.2 Å². The van der Waals surface area contributed by atoms with Gasteiger partial charge in [-0.05, 0) is 31.2 Å². The molecule has 24 heavy (non-hydrogen) atoms. The fraction of sp³-hybridized carbons (Fsp3) is 0.529. The Bertz CT molecular complexity index is 798. The standard InChI is InChI=1S/C17H19ClN4OS/c1-2-3-7-22(8-6-19)17(23)11-4-5-12-13(9-11)24-16-14(12)15(18)20-10-21-16/h10-11H,2-5,7-9H2,1H3. The molecule has 1 unspecified atom stereocenters. The zero-order valence-electron chi connectivity index (χ0n) is 13.6. The van der Waals surface area contributed by atoms with Crippen molar-refractivity contribution < 1.29 is 4.79 Å². The van der Waals surface area contributed by atoms with Gasteiger partial charge in [0.25, 0.3) is 0 Å². The van der Waals surface area contributed by atoms with Crippen molar-refractivity contribution in [3.63, 3.8) is 0 Å². The Balaban J connectivity index is 1.81. The maximum absolute atomic E-state index is 12.8. The van der Waals surface area contributed by atoms with E-state index in [4.69, 9.17) is 16.9 Å². The third kappa shape index (κ3) is 3.24. The highest BCUT2D eigenvalue weighted by atomic mass is 35.5. The zero-order valence-corrected chi connectivity index (χ0v) is 15.2. The van der Waals surface area contributed by atoms with Crippen LogP contribution in [0.5, 0.6) is 0 Å². The number of carbonyl (C=O) groups is 1. The number of aryl methyl sites for hydroxylation is 1. The fourth-order valence-electron chi connectivity index (χ4n) is 3.24. The molecule has 0 N–H and O–H groups in total. The third-order valence-corrected chi connectivity index (χ3v) is 5.95. The molecule has 1 atom stereocenters. The molecule has 7 heteroatoms. The normalized spacial score (nSPS) is 16.6. The van der Waals surface area contributed by atoms with Crippen molar-refractivity contribution in [1.29, 1.82) is 5.26 Å². The monoisotopic (exact) mass is 362 g/mol. The number of fused-ring (bicyclic) bond motifs is 3. The summed E-state index contributed by atoms with van der Waals surface area (Å²) in [5, 5.41) is 10.4.